The fourth-order valence-electron chi connectivity index (χ4n) is 10.7. The molecule has 394 valence electrons. The monoisotopic (exact) mass is 1180 g/mol. The van der Waals surface area contributed by atoms with Crippen LogP contribution in [0.25, 0.3) is 27.6 Å². The molecule has 0 radical (unpaired) electrons. The van der Waals surface area contributed by atoms with Crippen LogP contribution < -0.4 is 14.5 Å². The van der Waals surface area contributed by atoms with Gasteiger partial charge in [0.05, 0.1) is 0 Å². The first-order valence-electron chi connectivity index (χ1n) is 26.8. The number of nitrogens with zero attached hydrogens (tertiary/aromatic N) is 4. The molecule has 0 bridgehead atoms. The van der Waals surface area contributed by atoms with Gasteiger partial charge in [0, 0.05) is 72.2 Å². The summed E-state index contributed by atoms with van der Waals surface area (Å²) in [6, 6.07) is 63.3. The molecule has 3 heterocycles. The van der Waals surface area contributed by atoms with Crippen LogP contribution in [-0.4, -0.2) is 9.55 Å². The fourth-order valence-corrected chi connectivity index (χ4v) is 10.7. The second-order valence-electron chi connectivity index (χ2n) is 26.0. The van der Waals surface area contributed by atoms with E-state index < -0.39 is 0 Å². The molecule has 0 unspecified atom stereocenters. The smallest absolute Gasteiger partial charge is 0.135 e. The topological polar surface area (TPSA) is 33.5 Å². The summed E-state index contributed by atoms with van der Waals surface area (Å²) in [6.45, 7) is 38.9. The van der Waals surface area contributed by atoms with E-state index in [1.807, 2.05) is 6.20 Å². The van der Waals surface area contributed by atoms with Gasteiger partial charge in [-0.25, -0.2) is 4.98 Å². The molecule has 0 fully saturated rings. The summed E-state index contributed by atoms with van der Waals surface area (Å²) < 4.78 is 9.32. The van der Waals surface area contributed by atoms with Crippen molar-refractivity contribution in [3.63, 3.8) is 0 Å². The van der Waals surface area contributed by atoms with Crippen LogP contribution in [-0.2, 0) is 53.6 Å². The Hall–Kier alpha value is -6.42. The first kappa shape index (κ1) is 54.4. The Labute approximate surface area is 468 Å². The van der Waals surface area contributed by atoms with E-state index in [0.29, 0.717) is 11.5 Å². The van der Waals surface area contributed by atoms with E-state index in [1.54, 1.807) is 0 Å². The first-order chi connectivity index (χ1) is 35.2. The van der Waals surface area contributed by atoms with Crippen LogP contribution in [0.15, 0.2) is 158 Å². The Morgan fingerprint density at radius 1 is 0.434 bits per heavy atom. The molecule has 0 saturated heterocycles. The van der Waals surface area contributed by atoms with E-state index in [2.05, 4.69) is 296 Å². The van der Waals surface area contributed by atoms with Crippen molar-refractivity contribution in [2.45, 2.75) is 143 Å². The van der Waals surface area contributed by atoms with Crippen molar-refractivity contribution in [2.75, 3.05) is 9.80 Å². The summed E-state index contributed by atoms with van der Waals surface area (Å²) in [5.74, 6) is 2.08. The van der Waals surface area contributed by atoms with Crippen molar-refractivity contribution in [3.05, 3.63) is 221 Å². The number of fused-ring (bicyclic) bond motifs is 4. The summed E-state index contributed by atoms with van der Waals surface area (Å²) in [7, 11) is 0. The molecule has 0 aliphatic carbocycles. The third-order valence-corrected chi connectivity index (χ3v) is 15.7. The fraction of sp³-hybridized carbons (Fsp3) is 0.314. The van der Waals surface area contributed by atoms with Crippen LogP contribution in [0.1, 0.15) is 155 Å². The Morgan fingerprint density at radius 2 is 0.974 bits per heavy atom. The molecule has 0 N–H and O–H groups in total. The van der Waals surface area contributed by atoms with Crippen molar-refractivity contribution < 1.29 is 25.8 Å². The quantitative estimate of drug-likeness (QED) is 0.135. The van der Waals surface area contributed by atoms with E-state index in [-0.39, 0.29) is 53.6 Å². The molecule has 0 amide bonds. The summed E-state index contributed by atoms with van der Waals surface area (Å²) >= 11 is 0. The number of pyridine rings is 1. The number of benzene rings is 7. The number of hydrogen-bond acceptors (Lipinski definition) is 4. The van der Waals surface area contributed by atoms with E-state index in [9.17, 15) is 0 Å². The Balaban J connectivity index is 0.00000706. The second-order valence-corrected chi connectivity index (χ2v) is 26.0. The maximum Gasteiger partial charge on any atom is 0.135 e. The molecule has 9 aromatic rings. The Bertz CT molecular complexity index is 3600. The molecule has 76 heavy (non-hydrogen) atoms. The maximum absolute atomic E-state index is 7.07. The minimum Gasteiger partial charge on any atom is -0.509 e. The van der Waals surface area contributed by atoms with E-state index >= 15 is 0 Å². The predicted octanol–water partition coefficient (Wildman–Crippen LogP) is 18.8. The van der Waals surface area contributed by atoms with Crippen LogP contribution >= 0.6 is 0 Å². The molecule has 7 aromatic carbocycles. The summed E-state index contributed by atoms with van der Waals surface area (Å²) in [5.41, 5.74) is 15.1. The number of anilines is 4. The van der Waals surface area contributed by atoms with Gasteiger partial charge in [-0.05, 0) is 108 Å². The minimum atomic E-state index is -0.358. The third kappa shape index (κ3) is 10.2. The van der Waals surface area contributed by atoms with Crippen molar-refractivity contribution in [2.24, 2.45) is 0 Å². The van der Waals surface area contributed by atoms with Gasteiger partial charge in [-0.1, -0.05) is 201 Å². The summed E-state index contributed by atoms with van der Waals surface area (Å²) in [6.07, 6.45) is 1.93. The zero-order chi connectivity index (χ0) is 53.6. The van der Waals surface area contributed by atoms with Gasteiger partial charge >= 0.3 is 0 Å². The van der Waals surface area contributed by atoms with Gasteiger partial charge in [0.1, 0.15) is 5.82 Å². The van der Waals surface area contributed by atoms with E-state index in [0.717, 1.165) is 55.9 Å². The second kappa shape index (κ2) is 19.5. The molecule has 0 spiro atoms. The van der Waals surface area contributed by atoms with Gasteiger partial charge < -0.3 is 19.1 Å². The van der Waals surface area contributed by atoms with Gasteiger partial charge in [-0.3, -0.25) is 0 Å². The third-order valence-electron chi connectivity index (χ3n) is 15.7. The molecular weight excluding hydrogens is 1110 g/mol. The van der Waals surface area contributed by atoms with Crippen molar-refractivity contribution in [1.29, 1.82) is 0 Å². The predicted molar refractivity (Wildman–Crippen MR) is 316 cm³/mol. The van der Waals surface area contributed by atoms with Crippen molar-refractivity contribution >= 4 is 44.6 Å². The largest absolute Gasteiger partial charge is 0.509 e. The number of rotatable bonds is 9. The Morgan fingerprint density at radius 3 is 1.55 bits per heavy atom. The van der Waals surface area contributed by atoms with E-state index in [1.165, 1.54) is 38.9 Å². The average Bonchev–Trinajstić information content (AvgIpc) is 3.92. The SMILES string of the molecule is CC(C)(C)c1cc(Oc2[c-]c3c(cc2)c2cc(C(C)(C)C)ccc2n3-c2cc(C(C)(C)C)ccn2)[c-]c(N2[CH-]N(c3cccc(C(C)(C)C)c3)c3cc(C(C)(C)c4ccccc4)c(C(C)(C)c4ccccc4)cc32)c1.[Pt]. The van der Waals surface area contributed by atoms with Crippen LogP contribution in [0.4, 0.5) is 22.7 Å². The summed E-state index contributed by atoms with van der Waals surface area (Å²) in [4.78, 5) is 9.70. The standard InChI is InChI=1S/C70H75N4O.Pt/c1-65(2,3)48-28-23-29-52(36-48)72-45-73(63-44-59(70(15,16)47-26-21-18-22-27-47)58(43-62(63)72)69(13,14)46-24-19-17-20-25-46)53-37-51(68(10,11)12)38-55(41-53)75-54-31-32-56-57-39-49(66(4,5)6)30-33-60(57)74(61(56)42-54)64-40-50(34-35-71-64)67(7,8)9;/h17-40,43-45H,1-16H3;/q-3;. The van der Waals surface area contributed by atoms with Gasteiger partial charge in [-0.2, -0.15) is 6.07 Å². The first-order valence-corrected chi connectivity index (χ1v) is 26.8. The van der Waals surface area contributed by atoms with Gasteiger partial charge in [0.15, 0.2) is 0 Å². The van der Waals surface area contributed by atoms with E-state index in [4.69, 9.17) is 9.72 Å². The molecule has 10 rings (SSSR count). The molecule has 1 aliphatic heterocycles. The molecule has 6 heteroatoms. The van der Waals surface area contributed by atoms with Gasteiger partial charge in [0.25, 0.3) is 0 Å². The zero-order valence-corrected chi connectivity index (χ0v) is 49.9. The van der Waals surface area contributed by atoms with Crippen molar-refractivity contribution in [1.82, 2.24) is 9.55 Å². The Kier molecular flexibility index (Phi) is 14.0. The van der Waals surface area contributed by atoms with Gasteiger partial charge in [0.2, 0.25) is 0 Å². The normalized spacial score (nSPS) is 13.6. The number of aromatic nitrogens is 2. The van der Waals surface area contributed by atoms with Gasteiger partial charge in [-0.15, -0.1) is 53.6 Å². The van der Waals surface area contributed by atoms with Crippen molar-refractivity contribution in [3.8, 4) is 17.3 Å². The molecule has 2 aromatic heterocycles. The number of ether oxygens (including phenoxy) is 1. The zero-order valence-electron chi connectivity index (χ0n) is 47.6. The van der Waals surface area contributed by atoms with Crippen LogP contribution in [0.5, 0.6) is 11.5 Å². The van der Waals surface area contributed by atoms with Crippen LogP contribution in [0, 0.1) is 18.8 Å². The van der Waals surface area contributed by atoms with Crippen LogP contribution in [0.2, 0.25) is 0 Å². The minimum absolute atomic E-state index is 0. The molecule has 1 aliphatic rings. The average molecular weight is 1180 g/mol. The molecule has 0 atom stereocenters. The molecular formula is C70H75N4OPt-3. The van der Waals surface area contributed by atoms with Crippen LogP contribution in [0.3, 0.4) is 0 Å². The summed E-state index contributed by atoms with van der Waals surface area (Å²) in [5, 5.41) is 2.26. The molecule has 5 nitrogen and oxygen atoms in total. The maximum atomic E-state index is 7.07. The molecule has 0 saturated carbocycles. The number of hydrogen-bond donors (Lipinski definition) is 0.